The lowest BCUT2D eigenvalue weighted by Gasteiger charge is -2.03. The van der Waals surface area contributed by atoms with Crippen LogP contribution in [0.1, 0.15) is 4.88 Å². The standard InChI is InChI=1S/C14H11NO3S/c16-14(6-4-11-2-1-7-19-11)15-10-3-5-12-13(8-10)18-9-17-12/h1-8H,9H2,(H,15,16)/b6-4-. The minimum atomic E-state index is -0.174. The Bertz CT molecular complexity index is 620. The van der Waals surface area contributed by atoms with Crippen molar-refractivity contribution >= 4 is 29.0 Å². The maximum Gasteiger partial charge on any atom is 0.248 e. The molecule has 5 heteroatoms. The molecule has 1 aliphatic heterocycles. The van der Waals surface area contributed by atoms with Crippen molar-refractivity contribution in [3.63, 3.8) is 0 Å². The molecule has 0 saturated heterocycles. The van der Waals surface area contributed by atoms with E-state index >= 15 is 0 Å². The molecule has 2 heterocycles. The Hall–Kier alpha value is -2.27. The van der Waals surface area contributed by atoms with Crippen molar-refractivity contribution in [2.45, 2.75) is 0 Å². The van der Waals surface area contributed by atoms with Gasteiger partial charge < -0.3 is 14.8 Å². The van der Waals surface area contributed by atoms with Gasteiger partial charge in [-0.15, -0.1) is 11.3 Å². The van der Waals surface area contributed by atoms with Gasteiger partial charge in [0.2, 0.25) is 12.7 Å². The Labute approximate surface area is 114 Å². The van der Waals surface area contributed by atoms with E-state index < -0.39 is 0 Å². The molecule has 0 unspecified atom stereocenters. The summed E-state index contributed by atoms with van der Waals surface area (Å²) in [5, 5.41) is 4.75. The average Bonchev–Trinajstić information content (AvgIpc) is 3.07. The summed E-state index contributed by atoms with van der Waals surface area (Å²) >= 11 is 1.58. The second kappa shape index (κ2) is 5.16. The first-order valence-corrected chi connectivity index (χ1v) is 6.61. The van der Waals surface area contributed by atoms with Gasteiger partial charge in [0.15, 0.2) is 11.5 Å². The molecule has 1 aromatic heterocycles. The van der Waals surface area contributed by atoms with Gasteiger partial charge in [0.05, 0.1) is 0 Å². The van der Waals surface area contributed by atoms with E-state index in [0.29, 0.717) is 17.2 Å². The number of nitrogens with one attached hydrogen (secondary N) is 1. The zero-order valence-corrected chi connectivity index (χ0v) is 10.8. The number of carbonyl (C=O) groups is 1. The normalized spacial score (nSPS) is 12.8. The maximum absolute atomic E-state index is 11.7. The van der Waals surface area contributed by atoms with E-state index in [1.165, 1.54) is 6.08 Å². The number of hydrogen-bond acceptors (Lipinski definition) is 4. The van der Waals surface area contributed by atoms with E-state index in [0.717, 1.165) is 4.88 Å². The molecule has 1 amide bonds. The summed E-state index contributed by atoms with van der Waals surface area (Å²) < 4.78 is 10.5. The average molecular weight is 273 g/mol. The van der Waals surface area contributed by atoms with Crippen molar-refractivity contribution in [1.82, 2.24) is 0 Å². The number of anilines is 1. The van der Waals surface area contributed by atoms with E-state index in [1.54, 1.807) is 35.6 Å². The van der Waals surface area contributed by atoms with E-state index in [2.05, 4.69) is 5.32 Å². The number of hydrogen-bond donors (Lipinski definition) is 1. The van der Waals surface area contributed by atoms with Crippen LogP contribution in [0.25, 0.3) is 6.08 Å². The van der Waals surface area contributed by atoms with Gasteiger partial charge in [-0.2, -0.15) is 0 Å². The van der Waals surface area contributed by atoms with Gasteiger partial charge in [-0.25, -0.2) is 0 Å². The SMILES string of the molecule is O=C(/C=C\c1cccs1)Nc1ccc2c(c1)OCO2. The molecule has 1 N–H and O–H groups in total. The molecule has 0 aliphatic carbocycles. The molecule has 0 spiro atoms. The van der Waals surface area contributed by atoms with E-state index in [-0.39, 0.29) is 12.7 Å². The number of fused-ring (bicyclic) bond motifs is 1. The summed E-state index contributed by atoms with van der Waals surface area (Å²) in [5.74, 6) is 1.18. The number of rotatable bonds is 3. The second-order valence-corrected chi connectivity index (χ2v) is 4.89. The molecule has 96 valence electrons. The molecule has 1 aromatic carbocycles. The number of ether oxygens (including phenoxy) is 2. The smallest absolute Gasteiger partial charge is 0.248 e. The molecule has 0 fully saturated rings. The summed E-state index contributed by atoms with van der Waals surface area (Å²) in [6.07, 6.45) is 3.30. The Balaban J connectivity index is 1.66. The Morgan fingerprint density at radius 1 is 1.26 bits per heavy atom. The molecule has 19 heavy (non-hydrogen) atoms. The predicted molar refractivity (Wildman–Crippen MR) is 74.5 cm³/mol. The van der Waals surface area contributed by atoms with Crippen LogP contribution in [0.2, 0.25) is 0 Å². The van der Waals surface area contributed by atoms with Crippen LogP contribution in [-0.4, -0.2) is 12.7 Å². The zero-order valence-electron chi connectivity index (χ0n) is 9.96. The second-order valence-electron chi connectivity index (χ2n) is 3.91. The topological polar surface area (TPSA) is 47.6 Å². The number of carbonyl (C=O) groups excluding carboxylic acids is 1. The number of amides is 1. The third kappa shape index (κ3) is 2.77. The highest BCUT2D eigenvalue weighted by Gasteiger charge is 2.13. The van der Waals surface area contributed by atoms with Gasteiger partial charge in [0, 0.05) is 22.7 Å². The first-order valence-electron chi connectivity index (χ1n) is 5.73. The molecular weight excluding hydrogens is 262 g/mol. The monoisotopic (exact) mass is 273 g/mol. The van der Waals surface area contributed by atoms with Gasteiger partial charge >= 0.3 is 0 Å². The number of thiophene rings is 1. The predicted octanol–water partition coefficient (Wildman–Crippen LogP) is 3.13. The van der Waals surface area contributed by atoms with Crippen molar-refractivity contribution < 1.29 is 14.3 Å². The van der Waals surface area contributed by atoms with Crippen LogP contribution in [0, 0.1) is 0 Å². The fourth-order valence-electron chi connectivity index (χ4n) is 1.70. The minimum absolute atomic E-state index is 0.174. The minimum Gasteiger partial charge on any atom is -0.454 e. The fraction of sp³-hybridized carbons (Fsp3) is 0.0714. The molecule has 4 nitrogen and oxygen atoms in total. The van der Waals surface area contributed by atoms with Crippen molar-refractivity contribution in [3.8, 4) is 11.5 Å². The van der Waals surface area contributed by atoms with Gasteiger partial charge in [-0.3, -0.25) is 4.79 Å². The zero-order chi connectivity index (χ0) is 13.1. The van der Waals surface area contributed by atoms with Gasteiger partial charge in [0.25, 0.3) is 0 Å². The molecular formula is C14H11NO3S. The Morgan fingerprint density at radius 3 is 3.00 bits per heavy atom. The summed E-state index contributed by atoms with van der Waals surface area (Å²) in [5.41, 5.74) is 0.685. The van der Waals surface area contributed by atoms with Crippen LogP contribution >= 0.6 is 11.3 Å². The lowest BCUT2D eigenvalue weighted by Crippen LogP contribution is -2.07. The van der Waals surface area contributed by atoms with Crippen LogP contribution in [0.3, 0.4) is 0 Å². The lowest BCUT2D eigenvalue weighted by molar-refractivity contribution is -0.111. The Morgan fingerprint density at radius 2 is 2.16 bits per heavy atom. The van der Waals surface area contributed by atoms with Crippen molar-refractivity contribution in [2.24, 2.45) is 0 Å². The molecule has 0 bridgehead atoms. The highest BCUT2D eigenvalue weighted by atomic mass is 32.1. The maximum atomic E-state index is 11.7. The molecule has 2 aromatic rings. The molecule has 0 radical (unpaired) electrons. The molecule has 3 rings (SSSR count). The lowest BCUT2D eigenvalue weighted by atomic mass is 10.2. The van der Waals surface area contributed by atoms with Crippen LogP contribution in [0.15, 0.2) is 41.8 Å². The summed E-state index contributed by atoms with van der Waals surface area (Å²) in [7, 11) is 0. The fourth-order valence-corrected chi connectivity index (χ4v) is 2.32. The summed E-state index contributed by atoms with van der Waals surface area (Å²) in [6, 6.07) is 9.21. The van der Waals surface area contributed by atoms with Gasteiger partial charge in [0.1, 0.15) is 0 Å². The molecule has 0 saturated carbocycles. The van der Waals surface area contributed by atoms with Gasteiger partial charge in [-0.05, 0) is 29.7 Å². The first-order chi connectivity index (χ1) is 9.31. The third-order valence-electron chi connectivity index (χ3n) is 2.58. The number of benzene rings is 1. The van der Waals surface area contributed by atoms with E-state index in [9.17, 15) is 4.79 Å². The van der Waals surface area contributed by atoms with Crippen molar-refractivity contribution in [1.29, 1.82) is 0 Å². The quantitative estimate of drug-likeness (QED) is 0.874. The summed E-state index contributed by atoms with van der Waals surface area (Å²) in [4.78, 5) is 12.8. The largest absolute Gasteiger partial charge is 0.454 e. The molecule has 1 aliphatic rings. The Kier molecular flexibility index (Phi) is 3.20. The highest BCUT2D eigenvalue weighted by Crippen LogP contribution is 2.34. The van der Waals surface area contributed by atoms with Crippen LogP contribution in [0.4, 0.5) is 5.69 Å². The van der Waals surface area contributed by atoms with E-state index in [4.69, 9.17) is 9.47 Å². The van der Waals surface area contributed by atoms with Crippen LogP contribution < -0.4 is 14.8 Å². The van der Waals surface area contributed by atoms with Crippen LogP contribution in [-0.2, 0) is 4.79 Å². The summed E-state index contributed by atoms with van der Waals surface area (Å²) in [6.45, 7) is 0.227. The molecule has 0 atom stereocenters. The highest BCUT2D eigenvalue weighted by molar-refractivity contribution is 7.10. The van der Waals surface area contributed by atoms with Crippen molar-refractivity contribution in [2.75, 3.05) is 12.1 Å². The van der Waals surface area contributed by atoms with E-state index in [1.807, 2.05) is 17.5 Å². The first kappa shape index (κ1) is 11.8. The van der Waals surface area contributed by atoms with Gasteiger partial charge in [-0.1, -0.05) is 6.07 Å². The van der Waals surface area contributed by atoms with Crippen LogP contribution in [0.5, 0.6) is 11.5 Å². The third-order valence-corrected chi connectivity index (χ3v) is 3.42. The van der Waals surface area contributed by atoms with Crippen molar-refractivity contribution in [3.05, 3.63) is 46.7 Å².